The van der Waals surface area contributed by atoms with Gasteiger partial charge in [0.05, 0.1) is 21.7 Å². The van der Waals surface area contributed by atoms with Gasteiger partial charge in [0.25, 0.3) is 0 Å². The van der Waals surface area contributed by atoms with E-state index in [0.29, 0.717) is 11.2 Å². The van der Waals surface area contributed by atoms with Crippen molar-refractivity contribution in [3.05, 3.63) is 27.4 Å². The monoisotopic (exact) mass is 367 g/mol. The van der Waals surface area contributed by atoms with E-state index in [1.54, 1.807) is 22.7 Å². The predicted molar refractivity (Wildman–Crippen MR) is 101 cm³/mol. The standard InChI is InChI=1S/C16H21N3OS3/c1-11-19-14(10-22-11)15-5-4-13(23-15)6-7-17-16(21)18-9-12-3-2-8-20-12/h4-5,10,12H,2-3,6-9H2,1H3,(H2,17,18,21). The van der Waals surface area contributed by atoms with Crippen LogP contribution in [0.2, 0.25) is 0 Å². The highest BCUT2D eigenvalue weighted by atomic mass is 32.1. The van der Waals surface area contributed by atoms with Gasteiger partial charge in [0.15, 0.2) is 5.11 Å². The lowest BCUT2D eigenvalue weighted by molar-refractivity contribution is 0.114. The normalized spacial score (nSPS) is 17.3. The molecule has 0 spiro atoms. The number of nitrogens with one attached hydrogen (secondary N) is 2. The van der Waals surface area contributed by atoms with Crippen molar-refractivity contribution >= 4 is 40.0 Å². The highest BCUT2D eigenvalue weighted by Gasteiger charge is 2.15. The summed E-state index contributed by atoms with van der Waals surface area (Å²) in [5.74, 6) is 0. The van der Waals surface area contributed by atoms with Crippen molar-refractivity contribution in [1.82, 2.24) is 15.6 Å². The first-order valence-electron chi connectivity index (χ1n) is 7.85. The minimum atomic E-state index is 0.316. The third-order valence-corrected chi connectivity index (χ3v) is 5.93. The van der Waals surface area contributed by atoms with E-state index in [4.69, 9.17) is 17.0 Å². The molecule has 0 aromatic carbocycles. The third-order valence-electron chi connectivity index (χ3n) is 3.70. The van der Waals surface area contributed by atoms with Crippen LogP contribution in [0.25, 0.3) is 10.6 Å². The molecule has 1 aliphatic heterocycles. The molecule has 3 heterocycles. The van der Waals surface area contributed by atoms with Gasteiger partial charge in [0.1, 0.15) is 0 Å². The van der Waals surface area contributed by atoms with Gasteiger partial charge < -0.3 is 15.4 Å². The molecule has 0 amide bonds. The molecule has 0 bridgehead atoms. The van der Waals surface area contributed by atoms with Crippen LogP contribution in [0.5, 0.6) is 0 Å². The molecule has 1 atom stereocenters. The number of aromatic nitrogens is 1. The molecular formula is C16H21N3OS3. The molecule has 7 heteroatoms. The number of hydrogen-bond acceptors (Lipinski definition) is 5. The third kappa shape index (κ3) is 4.97. The lowest BCUT2D eigenvalue weighted by Crippen LogP contribution is -2.40. The summed E-state index contributed by atoms with van der Waals surface area (Å²) in [4.78, 5) is 7.12. The summed E-state index contributed by atoms with van der Waals surface area (Å²) in [5, 5.41) is 10.4. The average molecular weight is 368 g/mol. The van der Waals surface area contributed by atoms with Gasteiger partial charge in [-0.3, -0.25) is 0 Å². The second-order valence-electron chi connectivity index (χ2n) is 5.54. The topological polar surface area (TPSA) is 46.2 Å². The Balaban J connectivity index is 1.38. The molecule has 23 heavy (non-hydrogen) atoms. The fourth-order valence-corrected chi connectivity index (χ4v) is 4.34. The number of nitrogens with zero attached hydrogens (tertiary/aromatic N) is 1. The number of aryl methyl sites for hydroxylation is 1. The molecule has 2 aromatic rings. The number of thiocarbonyl (C=S) groups is 1. The lowest BCUT2D eigenvalue weighted by atomic mass is 10.2. The quantitative estimate of drug-likeness (QED) is 0.767. The minimum absolute atomic E-state index is 0.316. The van der Waals surface area contributed by atoms with E-state index in [1.165, 1.54) is 9.75 Å². The van der Waals surface area contributed by atoms with Crippen LogP contribution >= 0.6 is 34.9 Å². The van der Waals surface area contributed by atoms with Gasteiger partial charge in [0, 0.05) is 30.0 Å². The SMILES string of the molecule is Cc1nc(-c2ccc(CCNC(=S)NCC3CCCO3)s2)cs1. The summed E-state index contributed by atoms with van der Waals surface area (Å²) in [6, 6.07) is 4.34. The largest absolute Gasteiger partial charge is 0.376 e. The van der Waals surface area contributed by atoms with Gasteiger partial charge >= 0.3 is 0 Å². The van der Waals surface area contributed by atoms with E-state index in [-0.39, 0.29) is 0 Å². The lowest BCUT2D eigenvalue weighted by Gasteiger charge is -2.13. The van der Waals surface area contributed by atoms with Crippen LogP contribution < -0.4 is 10.6 Å². The predicted octanol–water partition coefficient (Wildman–Crippen LogP) is 3.37. The summed E-state index contributed by atoms with van der Waals surface area (Å²) in [5.41, 5.74) is 1.09. The van der Waals surface area contributed by atoms with E-state index >= 15 is 0 Å². The summed E-state index contributed by atoms with van der Waals surface area (Å²) in [6.07, 6.45) is 3.57. The summed E-state index contributed by atoms with van der Waals surface area (Å²) in [6.45, 7) is 4.56. The summed E-state index contributed by atoms with van der Waals surface area (Å²) < 4.78 is 5.57. The number of rotatable bonds is 6. The van der Waals surface area contributed by atoms with Crippen molar-refractivity contribution in [2.75, 3.05) is 19.7 Å². The number of thiophene rings is 1. The van der Waals surface area contributed by atoms with E-state index in [1.807, 2.05) is 6.92 Å². The molecule has 3 rings (SSSR count). The van der Waals surface area contributed by atoms with Gasteiger partial charge in [0.2, 0.25) is 0 Å². The maximum Gasteiger partial charge on any atom is 0.166 e. The van der Waals surface area contributed by atoms with Crippen molar-refractivity contribution in [2.24, 2.45) is 0 Å². The van der Waals surface area contributed by atoms with Crippen LogP contribution in [0.1, 0.15) is 22.7 Å². The van der Waals surface area contributed by atoms with Crippen molar-refractivity contribution in [1.29, 1.82) is 0 Å². The van der Waals surface area contributed by atoms with Gasteiger partial charge in [-0.15, -0.1) is 22.7 Å². The molecule has 4 nitrogen and oxygen atoms in total. The summed E-state index contributed by atoms with van der Waals surface area (Å²) >= 11 is 8.80. The Morgan fingerprint density at radius 1 is 1.43 bits per heavy atom. The first-order valence-corrected chi connectivity index (χ1v) is 9.95. The Kier molecular flexibility index (Phi) is 5.99. The fraction of sp³-hybridized carbons (Fsp3) is 0.500. The molecule has 0 radical (unpaired) electrons. The van der Waals surface area contributed by atoms with E-state index in [0.717, 1.165) is 49.7 Å². The Morgan fingerprint density at radius 2 is 2.35 bits per heavy atom. The Morgan fingerprint density at radius 3 is 3.09 bits per heavy atom. The second kappa shape index (κ2) is 8.19. The molecule has 1 fully saturated rings. The molecule has 1 saturated heterocycles. The van der Waals surface area contributed by atoms with Crippen LogP contribution in [0, 0.1) is 6.92 Å². The van der Waals surface area contributed by atoms with Crippen molar-refractivity contribution in [2.45, 2.75) is 32.3 Å². The first kappa shape index (κ1) is 16.8. The molecular weight excluding hydrogens is 346 g/mol. The maximum absolute atomic E-state index is 5.57. The maximum atomic E-state index is 5.57. The molecule has 1 aliphatic rings. The first-order chi connectivity index (χ1) is 11.2. The smallest absolute Gasteiger partial charge is 0.166 e. The summed E-state index contributed by atoms with van der Waals surface area (Å²) in [7, 11) is 0. The molecule has 124 valence electrons. The molecule has 2 N–H and O–H groups in total. The molecule has 0 saturated carbocycles. The van der Waals surface area contributed by atoms with Gasteiger partial charge in [-0.1, -0.05) is 0 Å². The zero-order valence-corrected chi connectivity index (χ0v) is 15.6. The molecule has 1 unspecified atom stereocenters. The molecule has 2 aromatic heterocycles. The Hall–Kier alpha value is -1.02. The van der Waals surface area contributed by atoms with Crippen LogP contribution in [0.15, 0.2) is 17.5 Å². The van der Waals surface area contributed by atoms with Crippen molar-refractivity contribution in [3.63, 3.8) is 0 Å². The van der Waals surface area contributed by atoms with Crippen LogP contribution in [0.4, 0.5) is 0 Å². The fourth-order valence-electron chi connectivity index (χ4n) is 2.50. The van der Waals surface area contributed by atoms with E-state index in [9.17, 15) is 0 Å². The van der Waals surface area contributed by atoms with Crippen LogP contribution in [0.3, 0.4) is 0 Å². The second-order valence-corrected chi connectivity index (χ2v) is 8.18. The van der Waals surface area contributed by atoms with Crippen molar-refractivity contribution in [3.8, 4) is 10.6 Å². The zero-order valence-electron chi connectivity index (χ0n) is 13.1. The average Bonchev–Trinajstić information content (AvgIpc) is 3.26. The Labute approximate surface area is 150 Å². The van der Waals surface area contributed by atoms with E-state index in [2.05, 4.69) is 33.1 Å². The van der Waals surface area contributed by atoms with Gasteiger partial charge in [-0.05, 0) is 50.5 Å². The van der Waals surface area contributed by atoms with E-state index < -0.39 is 0 Å². The number of hydrogen-bond donors (Lipinski definition) is 2. The van der Waals surface area contributed by atoms with Gasteiger partial charge in [-0.25, -0.2) is 4.98 Å². The van der Waals surface area contributed by atoms with Crippen LogP contribution in [-0.4, -0.2) is 35.9 Å². The van der Waals surface area contributed by atoms with Crippen LogP contribution in [-0.2, 0) is 11.2 Å². The number of ether oxygens (including phenoxy) is 1. The molecule has 0 aliphatic carbocycles. The zero-order chi connectivity index (χ0) is 16.1. The number of thiazole rings is 1. The highest BCUT2D eigenvalue weighted by Crippen LogP contribution is 2.29. The van der Waals surface area contributed by atoms with Crippen molar-refractivity contribution < 1.29 is 4.74 Å². The minimum Gasteiger partial charge on any atom is -0.376 e. The highest BCUT2D eigenvalue weighted by molar-refractivity contribution is 7.80. The van der Waals surface area contributed by atoms with Gasteiger partial charge in [-0.2, -0.15) is 0 Å². The Bertz CT molecular complexity index is 647.